The molecule has 19 heavy (non-hydrogen) atoms. The summed E-state index contributed by atoms with van der Waals surface area (Å²) in [6.45, 7) is 7.56. The predicted octanol–water partition coefficient (Wildman–Crippen LogP) is 1.62. The maximum absolute atomic E-state index is 11.8. The topological polar surface area (TPSA) is 65.7 Å². The maximum atomic E-state index is 11.8. The zero-order valence-electron chi connectivity index (χ0n) is 11.8. The Balaban J connectivity index is 2.42. The second-order valence-corrected chi connectivity index (χ2v) is 4.41. The van der Waals surface area contributed by atoms with Gasteiger partial charge in [-0.25, -0.2) is 0 Å². The molecule has 0 fully saturated rings. The van der Waals surface area contributed by atoms with E-state index in [1.807, 2.05) is 6.07 Å². The van der Waals surface area contributed by atoms with Crippen LogP contribution in [-0.2, 0) is 6.54 Å². The normalized spacial score (nSPS) is 10.9. The number of carbonyl (C=O) groups is 1. The fraction of sp³-hybridized carbons (Fsp3) is 0.643. The molecule has 0 radical (unpaired) electrons. The number of carbonyl (C=O) groups excluding carboxylic acids is 1. The lowest BCUT2D eigenvalue weighted by atomic mass is 10.3. The highest BCUT2D eigenvalue weighted by Gasteiger charge is 2.11. The lowest BCUT2D eigenvalue weighted by Gasteiger charge is -2.15. The van der Waals surface area contributed by atoms with E-state index in [-0.39, 0.29) is 12.5 Å². The second-order valence-electron chi connectivity index (χ2n) is 4.41. The molecule has 2 N–H and O–H groups in total. The van der Waals surface area contributed by atoms with Crippen LogP contribution in [0.15, 0.2) is 16.5 Å². The standard InChI is InChI=1S/C14H24N2O3/c1-3-16(4-2)11-12-7-8-13(19-12)14(18)15-9-5-6-10-17/h7-8,17H,3-6,9-11H2,1-2H3,(H,15,18). The number of hydrogen-bond donors (Lipinski definition) is 2. The summed E-state index contributed by atoms with van der Waals surface area (Å²) in [5, 5.41) is 11.4. The van der Waals surface area contributed by atoms with Crippen molar-refractivity contribution in [3.8, 4) is 0 Å². The van der Waals surface area contributed by atoms with Crippen molar-refractivity contribution >= 4 is 5.91 Å². The fourth-order valence-corrected chi connectivity index (χ4v) is 1.78. The number of furan rings is 1. The van der Waals surface area contributed by atoms with Crippen molar-refractivity contribution in [3.63, 3.8) is 0 Å². The van der Waals surface area contributed by atoms with E-state index in [2.05, 4.69) is 24.1 Å². The summed E-state index contributed by atoms with van der Waals surface area (Å²) in [4.78, 5) is 14.0. The maximum Gasteiger partial charge on any atom is 0.286 e. The number of hydrogen-bond acceptors (Lipinski definition) is 4. The van der Waals surface area contributed by atoms with Gasteiger partial charge in [0.15, 0.2) is 5.76 Å². The van der Waals surface area contributed by atoms with Gasteiger partial charge in [0.1, 0.15) is 5.76 Å². The molecular formula is C14H24N2O3. The zero-order chi connectivity index (χ0) is 14.1. The summed E-state index contributed by atoms with van der Waals surface area (Å²) in [5.41, 5.74) is 0. The molecule has 0 aromatic carbocycles. The Morgan fingerprint density at radius 1 is 1.32 bits per heavy atom. The minimum absolute atomic E-state index is 0.157. The van der Waals surface area contributed by atoms with E-state index in [9.17, 15) is 4.79 Å². The lowest BCUT2D eigenvalue weighted by molar-refractivity contribution is 0.0920. The van der Waals surface area contributed by atoms with E-state index in [4.69, 9.17) is 9.52 Å². The number of aliphatic hydroxyl groups is 1. The average molecular weight is 268 g/mol. The Hall–Kier alpha value is -1.33. The fourth-order valence-electron chi connectivity index (χ4n) is 1.78. The predicted molar refractivity (Wildman–Crippen MR) is 74.0 cm³/mol. The monoisotopic (exact) mass is 268 g/mol. The van der Waals surface area contributed by atoms with Crippen LogP contribution in [-0.4, -0.2) is 42.2 Å². The van der Waals surface area contributed by atoms with E-state index >= 15 is 0 Å². The van der Waals surface area contributed by atoms with Crippen LogP contribution in [0.1, 0.15) is 43.0 Å². The smallest absolute Gasteiger partial charge is 0.286 e. The number of nitrogens with zero attached hydrogens (tertiary/aromatic N) is 1. The van der Waals surface area contributed by atoms with E-state index in [1.54, 1.807) is 6.07 Å². The quantitative estimate of drug-likeness (QED) is 0.668. The Bertz CT molecular complexity index is 373. The molecule has 0 unspecified atom stereocenters. The molecule has 0 aliphatic rings. The van der Waals surface area contributed by atoms with Crippen molar-refractivity contribution in [2.45, 2.75) is 33.2 Å². The van der Waals surface area contributed by atoms with Gasteiger partial charge >= 0.3 is 0 Å². The van der Waals surface area contributed by atoms with Crippen LogP contribution < -0.4 is 5.32 Å². The molecule has 0 spiro atoms. The van der Waals surface area contributed by atoms with Crippen molar-refractivity contribution in [2.24, 2.45) is 0 Å². The van der Waals surface area contributed by atoms with E-state index < -0.39 is 0 Å². The van der Waals surface area contributed by atoms with Crippen molar-refractivity contribution < 1.29 is 14.3 Å². The van der Waals surface area contributed by atoms with Crippen LogP contribution in [0.25, 0.3) is 0 Å². The van der Waals surface area contributed by atoms with Crippen molar-refractivity contribution in [2.75, 3.05) is 26.2 Å². The van der Waals surface area contributed by atoms with Crippen LogP contribution in [0.2, 0.25) is 0 Å². The molecule has 1 heterocycles. The summed E-state index contributed by atoms with van der Waals surface area (Å²) in [7, 11) is 0. The molecule has 5 heteroatoms. The highest BCUT2D eigenvalue weighted by molar-refractivity contribution is 5.91. The molecule has 0 saturated heterocycles. The Labute approximate surface area is 114 Å². The van der Waals surface area contributed by atoms with Crippen molar-refractivity contribution in [1.29, 1.82) is 0 Å². The van der Waals surface area contributed by atoms with Crippen LogP contribution in [0.3, 0.4) is 0 Å². The van der Waals surface area contributed by atoms with Gasteiger partial charge in [0, 0.05) is 13.2 Å². The third-order valence-electron chi connectivity index (χ3n) is 3.03. The van der Waals surface area contributed by atoms with Crippen molar-refractivity contribution in [1.82, 2.24) is 10.2 Å². The first-order chi connectivity index (χ1) is 9.21. The third-order valence-corrected chi connectivity index (χ3v) is 3.03. The minimum atomic E-state index is -0.191. The Morgan fingerprint density at radius 3 is 2.68 bits per heavy atom. The highest BCUT2D eigenvalue weighted by Crippen LogP contribution is 2.10. The van der Waals surface area contributed by atoms with Gasteiger partial charge in [-0.1, -0.05) is 13.8 Å². The third kappa shape index (κ3) is 5.44. The van der Waals surface area contributed by atoms with Gasteiger partial charge in [-0.15, -0.1) is 0 Å². The molecule has 0 saturated carbocycles. The molecule has 1 amide bonds. The Morgan fingerprint density at radius 2 is 2.05 bits per heavy atom. The van der Waals surface area contributed by atoms with Crippen LogP contribution in [0, 0.1) is 0 Å². The van der Waals surface area contributed by atoms with Crippen LogP contribution >= 0.6 is 0 Å². The summed E-state index contributed by atoms with van der Waals surface area (Å²) in [6, 6.07) is 3.56. The van der Waals surface area contributed by atoms with E-state index in [0.717, 1.165) is 31.8 Å². The van der Waals surface area contributed by atoms with E-state index in [1.165, 1.54) is 0 Å². The molecular weight excluding hydrogens is 244 g/mol. The molecule has 0 aliphatic heterocycles. The molecule has 1 rings (SSSR count). The highest BCUT2D eigenvalue weighted by atomic mass is 16.4. The first-order valence-corrected chi connectivity index (χ1v) is 6.91. The molecule has 0 bridgehead atoms. The molecule has 0 aliphatic carbocycles. The number of aliphatic hydroxyl groups excluding tert-OH is 1. The molecule has 5 nitrogen and oxygen atoms in total. The van der Waals surface area contributed by atoms with Crippen molar-refractivity contribution in [3.05, 3.63) is 23.7 Å². The molecule has 0 atom stereocenters. The van der Waals surface area contributed by atoms with Crippen LogP contribution in [0.4, 0.5) is 0 Å². The summed E-state index contributed by atoms with van der Waals surface area (Å²) < 4.78 is 5.53. The van der Waals surface area contributed by atoms with Gasteiger partial charge < -0.3 is 14.8 Å². The Kier molecular flexibility index (Phi) is 7.22. The summed E-state index contributed by atoms with van der Waals surface area (Å²) in [6.07, 6.45) is 1.47. The number of rotatable bonds is 9. The average Bonchev–Trinajstić information content (AvgIpc) is 2.89. The first kappa shape index (κ1) is 15.7. The second kappa shape index (κ2) is 8.72. The lowest BCUT2D eigenvalue weighted by Crippen LogP contribution is -2.24. The first-order valence-electron chi connectivity index (χ1n) is 6.91. The molecule has 1 aromatic heterocycles. The van der Waals surface area contributed by atoms with Gasteiger partial charge in [0.05, 0.1) is 6.54 Å². The van der Waals surface area contributed by atoms with Gasteiger partial charge in [-0.05, 0) is 38.1 Å². The van der Waals surface area contributed by atoms with Crippen LogP contribution in [0.5, 0.6) is 0 Å². The number of nitrogens with one attached hydrogen (secondary N) is 1. The van der Waals surface area contributed by atoms with Gasteiger partial charge in [0.25, 0.3) is 5.91 Å². The number of amides is 1. The molecule has 1 aromatic rings. The SMILES string of the molecule is CCN(CC)Cc1ccc(C(=O)NCCCCO)o1. The van der Waals surface area contributed by atoms with E-state index in [0.29, 0.717) is 18.7 Å². The van der Waals surface area contributed by atoms with Gasteiger partial charge in [0.2, 0.25) is 0 Å². The van der Waals surface area contributed by atoms with Gasteiger partial charge in [-0.3, -0.25) is 9.69 Å². The minimum Gasteiger partial charge on any atom is -0.455 e. The largest absolute Gasteiger partial charge is 0.455 e. The molecule has 108 valence electrons. The zero-order valence-corrected chi connectivity index (χ0v) is 11.8. The van der Waals surface area contributed by atoms with Gasteiger partial charge in [-0.2, -0.15) is 0 Å². The summed E-state index contributed by atoms with van der Waals surface area (Å²) >= 11 is 0. The summed E-state index contributed by atoms with van der Waals surface area (Å²) in [5.74, 6) is 0.971. The number of unbranched alkanes of at least 4 members (excludes halogenated alkanes) is 1.